The van der Waals surface area contributed by atoms with Gasteiger partial charge in [-0.1, -0.05) is 11.6 Å². The minimum absolute atomic E-state index is 0.0395. The smallest absolute Gasteiger partial charge is 0.387 e. The molecule has 8 heteroatoms. The van der Waals surface area contributed by atoms with Crippen molar-refractivity contribution in [1.82, 2.24) is 0 Å². The van der Waals surface area contributed by atoms with E-state index in [1.165, 1.54) is 31.4 Å². The van der Waals surface area contributed by atoms with E-state index in [0.717, 1.165) is 0 Å². The maximum absolute atomic E-state index is 12.3. The Bertz CT molecular complexity index is 755. The second-order valence-corrected chi connectivity index (χ2v) is 5.18. The van der Waals surface area contributed by atoms with Gasteiger partial charge in [-0.15, -0.1) is 0 Å². The van der Waals surface area contributed by atoms with Crippen LogP contribution in [0.2, 0.25) is 5.02 Å². The van der Waals surface area contributed by atoms with Crippen LogP contribution in [-0.2, 0) is 0 Å². The highest BCUT2D eigenvalue weighted by Crippen LogP contribution is 2.30. The van der Waals surface area contributed by atoms with Crippen molar-refractivity contribution in [2.24, 2.45) is 0 Å². The van der Waals surface area contributed by atoms with Crippen LogP contribution in [0.25, 0.3) is 0 Å². The molecule has 0 saturated carbocycles. The SMILES string of the molecule is CCOc1ccc(C(=O)Nc2ccc(OC(F)F)c(Cl)c2)cc1OC. The number of hydrogen-bond acceptors (Lipinski definition) is 4. The number of carbonyl (C=O) groups excluding carboxylic acids is 1. The molecule has 0 fully saturated rings. The highest BCUT2D eigenvalue weighted by atomic mass is 35.5. The molecule has 5 nitrogen and oxygen atoms in total. The number of alkyl halides is 2. The quantitative estimate of drug-likeness (QED) is 0.772. The molecule has 1 amide bonds. The summed E-state index contributed by atoms with van der Waals surface area (Å²) in [6.45, 7) is -0.673. The third-order valence-electron chi connectivity index (χ3n) is 3.13. The number of nitrogens with one attached hydrogen (secondary N) is 1. The summed E-state index contributed by atoms with van der Waals surface area (Å²) in [7, 11) is 1.47. The van der Waals surface area contributed by atoms with Crippen LogP contribution in [0.15, 0.2) is 36.4 Å². The Morgan fingerprint density at radius 3 is 2.48 bits per heavy atom. The van der Waals surface area contributed by atoms with E-state index in [1.807, 2.05) is 6.92 Å². The van der Waals surface area contributed by atoms with Crippen molar-refractivity contribution in [2.75, 3.05) is 19.0 Å². The predicted octanol–water partition coefficient (Wildman–Crippen LogP) is 4.60. The molecule has 0 aliphatic carbocycles. The Balaban J connectivity index is 2.15. The van der Waals surface area contributed by atoms with Gasteiger partial charge in [-0.05, 0) is 43.3 Å². The lowest BCUT2D eigenvalue weighted by Crippen LogP contribution is -2.12. The van der Waals surface area contributed by atoms with E-state index >= 15 is 0 Å². The Kier molecular flexibility index (Phi) is 6.41. The molecule has 0 atom stereocenters. The molecule has 0 heterocycles. The van der Waals surface area contributed by atoms with Crippen molar-refractivity contribution in [1.29, 1.82) is 0 Å². The van der Waals surface area contributed by atoms with Gasteiger partial charge in [0, 0.05) is 11.3 Å². The Morgan fingerprint density at radius 1 is 1.16 bits per heavy atom. The standard InChI is InChI=1S/C17H16ClF2NO4/c1-3-24-14-6-4-10(8-15(14)23-2)16(22)21-11-5-7-13(12(18)9-11)25-17(19)20/h4-9,17H,3H2,1-2H3,(H,21,22). The first kappa shape index (κ1) is 18.8. The van der Waals surface area contributed by atoms with E-state index in [0.29, 0.717) is 29.4 Å². The number of anilines is 1. The van der Waals surface area contributed by atoms with Gasteiger partial charge in [-0.25, -0.2) is 0 Å². The fourth-order valence-electron chi connectivity index (χ4n) is 2.06. The third-order valence-corrected chi connectivity index (χ3v) is 3.43. The van der Waals surface area contributed by atoms with Crippen molar-refractivity contribution < 1.29 is 27.8 Å². The highest BCUT2D eigenvalue weighted by Gasteiger charge is 2.13. The topological polar surface area (TPSA) is 56.8 Å². The predicted molar refractivity (Wildman–Crippen MR) is 90.2 cm³/mol. The van der Waals surface area contributed by atoms with Crippen LogP contribution in [0.3, 0.4) is 0 Å². The van der Waals surface area contributed by atoms with Crippen LogP contribution >= 0.6 is 11.6 Å². The molecule has 2 rings (SSSR count). The fraction of sp³-hybridized carbons (Fsp3) is 0.235. The largest absolute Gasteiger partial charge is 0.493 e. The summed E-state index contributed by atoms with van der Waals surface area (Å²) in [4.78, 5) is 12.3. The molecule has 2 aromatic carbocycles. The number of amides is 1. The summed E-state index contributed by atoms with van der Waals surface area (Å²) >= 11 is 5.86. The molecule has 0 aliphatic heterocycles. The molecule has 1 N–H and O–H groups in total. The van der Waals surface area contributed by atoms with Crippen LogP contribution in [0.4, 0.5) is 14.5 Å². The second-order valence-electron chi connectivity index (χ2n) is 4.78. The summed E-state index contributed by atoms with van der Waals surface area (Å²) in [5.74, 6) is 0.364. The molecule has 0 radical (unpaired) electrons. The van der Waals surface area contributed by atoms with Gasteiger partial charge in [0.15, 0.2) is 11.5 Å². The molecule has 0 bridgehead atoms. The first-order valence-corrected chi connectivity index (χ1v) is 7.69. The number of methoxy groups -OCH3 is 1. The van der Waals surface area contributed by atoms with Gasteiger partial charge in [0.1, 0.15) is 5.75 Å². The van der Waals surface area contributed by atoms with Gasteiger partial charge in [0.25, 0.3) is 5.91 Å². The van der Waals surface area contributed by atoms with Crippen LogP contribution in [0, 0.1) is 0 Å². The highest BCUT2D eigenvalue weighted by molar-refractivity contribution is 6.32. The second kappa shape index (κ2) is 8.53. The molecule has 0 spiro atoms. The average Bonchev–Trinajstić information content (AvgIpc) is 2.57. The lowest BCUT2D eigenvalue weighted by atomic mass is 10.2. The summed E-state index contributed by atoms with van der Waals surface area (Å²) in [6.07, 6.45) is 0. The molecular weight excluding hydrogens is 356 g/mol. The molecule has 134 valence electrons. The maximum Gasteiger partial charge on any atom is 0.387 e. The lowest BCUT2D eigenvalue weighted by molar-refractivity contribution is -0.0497. The molecule has 0 aromatic heterocycles. The minimum Gasteiger partial charge on any atom is -0.493 e. The van der Waals surface area contributed by atoms with Gasteiger partial charge >= 0.3 is 6.61 Å². The monoisotopic (exact) mass is 371 g/mol. The van der Waals surface area contributed by atoms with Gasteiger partial charge < -0.3 is 19.5 Å². The van der Waals surface area contributed by atoms with Crippen molar-refractivity contribution in [2.45, 2.75) is 13.5 Å². The molecule has 2 aromatic rings. The number of hydrogen-bond donors (Lipinski definition) is 1. The van der Waals surface area contributed by atoms with Gasteiger partial charge in [-0.2, -0.15) is 8.78 Å². The summed E-state index contributed by atoms with van der Waals surface area (Å²) in [6, 6.07) is 8.73. The van der Waals surface area contributed by atoms with Gasteiger partial charge in [0.2, 0.25) is 0 Å². The van der Waals surface area contributed by atoms with Crippen molar-refractivity contribution in [3.8, 4) is 17.2 Å². The number of ether oxygens (including phenoxy) is 3. The van der Waals surface area contributed by atoms with E-state index in [1.54, 1.807) is 12.1 Å². The summed E-state index contributed by atoms with van der Waals surface area (Å²) in [5, 5.41) is 2.58. The van der Waals surface area contributed by atoms with Crippen molar-refractivity contribution in [3.63, 3.8) is 0 Å². The fourth-order valence-corrected chi connectivity index (χ4v) is 2.28. The Hall–Kier alpha value is -2.54. The Morgan fingerprint density at radius 2 is 1.88 bits per heavy atom. The van der Waals surface area contributed by atoms with Crippen molar-refractivity contribution >= 4 is 23.2 Å². The van der Waals surface area contributed by atoms with Gasteiger partial charge in [-0.3, -0.25) is 4.79 Å². The van der Waals surface area contributed by atoms with Gasteiger partial charge in [0.05, 0.1) is 18.7 Å². The first-order chi connectivity index (χ1) is 11.9. The van der Waals surface area contributed by atoms with Crippen LogP contribution in [0.1, 0.15) is 17.3 Å². The van der Waals surface area contributed by atoms with Crippen LogP contribution in [0.5, 0.6) is 17.2 Å². The maximum atomic E-state index is 12.3. The number of carbonyl (C=O) groups is 1. The van der Waals surface area contributed by atoms with Crippen molar-refractivity contribution in [3.05, 3.63) is 47.0 Å². The number of benzene rings is 2. The zero-order chi connectivity index (χ0) is 18.4. The zero-order valence-corrected chi connectivity index (χ0v) is 14.3. The van der Waals surface area contributed by atoms with E-state index in [9.17, 15) is 13.6 Å². The average molecular weight is 372 g/mol. The molecule has 0 saturated heterocycles. The van der Waals surface area contributed by atoms with E-state index in [-0.39, 0.29) is 10.8 Å². The van der Waals surface area contributed by atoms with Crippen LogP contribution in [-0.4, -0.2) is 26.2 Å². The third kappa shape index (κ3) is 4.96. The lowest BCUT2D eigenvalue weighted by Gasteiger charge is -2.12. The molecule has 0 unspecified atom stereocenters. The van der Waals surface area contributed by atoms with E-state index in [4.69, 9.17) is 21.1 Å². The molecule has 25 heavy (non-hydrogen) atoms. The summed E-state index contributed by atoms with van der Waals surface area (Å²) in [5.41, 5.74) is 0.675. The van der Waals surface area contributed by atoms with E-state index < -0.39 is 12.5 Å². The van der Waals surface area contributed by atoms with E-state index in [2.05, 4.69) is 10.1 Å². The van der Waals surface area contributed by atoms with Crippen LogP contribution < -0.4 is 19.5 Å². The first-order valence-electron chi connectivity index (χ1n) is 7.31. The zero-order valence-electron chi connectivity index (χ0n) is 13.5. The summed E-state index contributed by atoms with van der Waals surface area (Å²) < 4.78 is 39.3. The minimum atomic E-state index is -2.98. The molecular formula is C17H16ClF2NO4. The Labute approximate surface area is 148 Å². The number of halogens is 3. The molecule has 0 aliphatic rings. The number of rotatable bonds is 7. The normalized spacial score (nSPS) is 10.5.